The molecule has 0 unspecified atom stereocenters. The average Bonchev–Trinajstić information content (AvgIpc) is 3.15. The van der Waals surface area contributed by atoms with E-state index in [1.807, 2.05) is 0 Å². The highest BCUT2D eigenvalue weighted by Gasteiger charge is 2.30. The molecule has 2 aromatic heterocycles. The van der Waals surface area contributed by atoms with Crippen molar-refractivity contribution in [2.45, 2.75) is 11.1 Å². The van der Waals surface area contributed by atoms with Crippen LogP contribution in [0, 0.1) is 0 Å². The Labute approximate surface area is 162 Å². The summed E-state index contributed by atoms with van der Waals surface area (Å²) in [7, 11) is -4.06. The summed E-state index contributed by atoms with van der Waals surface area (Å²) in [6, 6.07) is 13.2. The minimum Gasteiger partial charge on any atom is -0.280 e. The molecule has 0 radical (unpaired) electrons. The van der Waals surface area contributed by atoms with Gasteiger partial charge in [0.15, 0.2) is 5.65 Å². The lowest BCUT2D eigenvalue weighted by Crippen LogP contribution is -2.13. The number of fused-ring (bicyclic) bond motifs is 1. The highest BCUT2D eigenvalue weighted by molar-refractivity contribution is 7.92. The number of alkyl halides is 3. The maximum atomic E-state index is 12.7. The molecule has 0 bridgehead atoms. The van der Waals surface area contributed by atoms with Gasteiger partial charge in [0.2, 0.25) is 0 Å². The van der Waals surface area contributed by atoms with E-state index in [4.69, 9.17) is 0 Å². The molecule has 148 valence electrons. The first kappa shape index (κ1) is 18.9. The Balaban J connectivity index is 1.61. The van der Waals surface area contributed by atoms with Crippen LogP contribution in [-0.2, 0) is 16.2 Å². The molecule has 0 saturated heterocycles. The number of benzene rings is 2. The molecule has 4 aromatic rings. The first-order valence-corrected chi connectivity index (χ1v) is 9.68. The third-order valence-electron chi connectivity index (χ3n) is 4.06. The third kappa shape index (κ3) is 3.90. The van der Waals surface area contributed by atoms with Crippen LogP contribution in [0.4, 0.5) is 18.9 Å². The second-order valence-corrected chi connectivity index (χ2v) is 7.74. The molecule has 11 heteroatoms. The minimum absolute atomic E-state index is 0.244. The van der Waals surface area contributed by atoms with Gasteiger partial charge in [0, 0.05) is 11.3 Å². The highest BCUT2D eigenvalue weighted by atomic mass is 32.2. The number of rotatable bonds is 4. The smallest absolute Gasteiger partial charge is 0.280 e. The molecular formula is C18H12F3N5O2S. The summed E-state index contributed by atoms with van der Waals surface area (Å²) in [5, 5.41) is 11.9. The number of nitrogens with one attached hydrogen (secondary N) is 1. The van der Waals surface area contributed by atoms with Gasteiger partial charge >= 0.3 is 6.18 Å². The van der Waals surface area contributed by atoms with Crippen molar-refractivity contribution in [1.82, 2.24) is 19.8 Å². The topological polar surface area (TPSA) is 89.2 Å². The standard InChI is InChI=1S/C18H12F3N5O2S/c19-18(20,21)13-4-6-15(7-5-13)29(27,28)25-14-3-1-2-12(10-14)16-8-9-17-23-22-11-26(17)24-16/h1-11,25H. The van der Waals surface area contributed by atoms with Gasteiger partial charge in [-0.25, -0.2) is 8.42 Å². The van der Waals surface area contributed by atoms with Crippen LogP contribution in [0.3, 0.4) is 0 Å². The Morgan fingerprint density at radius 1 is 0.966 bits per heavy atom. The molecule has 0 fully saturated rings. The minimum atomic E-state index is -4.54. The number of anilines is 1. The van der Waals surface area contributed by atoms with Crippen LogP contribution in [0.25, 0.3) is 16.9 Å². The molecule has 0 aliphatic heterocycles. The van der Waals surface area contributed by atoms with Crippen molar-refractivity contribution in [2.75, 3.05) is 4.72 Å². The summed E-state index contributed by atoms with van der Waals surface area (Å²) in [5.74, 6) is 0. The van der Waals surface area contributed by atoms with Crippen molar-refractivity contribution in [3.63, 3.8) is 0 Å². The molecule has 0 aliphatic carbocycles. The van der Waals surface area contributed by atoms with Gasteiger partial charge < -0.3 is 0 Å². The number of halogens is 3. The molecule has 2 aromatic carbocycles. The summed E-state index contributed by atoms with van der Waals surface area (Å²) in [4.78, 5) is -0.278. The molecule has 0 spiro atoms. The molecule has 7 nitrogen and oxygen atoms in total. The van der Waals surface area contributed by atoms with Gasteiger partial charge in [-0.15, -0.1) is 10.2 Å². The predicted octanol–water partition coefficient (Wildman–Crippen LogP) is 3.61. The van der Waals surface area contributed by atoms with Gasteiger partial charge in [-0.3, -0.25) is 4.72 Å². The van der Waals surface area contributed by atoms with Crippen LogP contribution in [-0.4, -0.2) is 28.2 Å². The van der Waals surface area contributed by atoms with Crippen molar-refractivity contribution in [2.24, 2.45) is 0 Å². The first-order valence-electron chi connectivity index (χ1n) is 8.20. The Hall–Kier alpha value is -3.47. The first-order chi connectivity index (χ1) is 13.7. The molecule has 0 atom stereocenters. The van der Waals surface area contributed by atoms with E-state index in [0.29, 0.717) is 16.9 Å². The predicted molar refractivity (Wildman–Crippen MR) is 98.5 cm³/mol. The van der Waals surface area contributed by atoms with E-state index in [1.54, 1.807) is 30.3 Å². The highest BCUT2D eigenvalue weighted by Crippen LogP contribution is 2.30. The molecule has 4 rings (SSSR count). The van der Waals surface area contributed by atoms with Gasteiger partial charge in [0.05, 0.1) is 16.2 Å². The van der Waals surface area contributed by atoms with E-state index in [2.05, 4.69) is 20.0 Å². The van der Waals surface area contributed by atoms with Crippen LogP contribution in [0.15, 0.2) is 71.9 Å². The van der Waals surface area contributed by atoms with E-state index < -0.39 is 21.8 Å². The maximum Gasteiger partial charge on any atom is 0.416 e. The lowest BCUT2D eigenvalue weighted by molar-refractivity contribution is -0.137. The van der Waals surface area contributed by atoms with Gasteiger partial charge in [0.25, 0.3) is 10.0 Å². The molecule has 0 aliphatic rings. The van der Waals surface area contributed by atoms with Gasteiger partial charge in [0.1, 0.15) is 6.33 Å². The van der Waals surface area contributed by atoms with Crippen LogP contribution in [0.5, 0.6) is 0 Å². The Bertz CT molecular complexity index is 1280. The van der Waals surface area contributed by atoms with Crippen LogP contribution >= 0.6 is 0 Å². The number of sulfonamides is 1. The second-order valence-electron chi connectivity index (χ2n) is 6.06. The quantitative estimate of drug-likeness (QED) is 0.546. The maximum absolute atomic E-state index is 12.7. The van der Waals surface area contributed by atoms with Gasteiger partial charge in [-0.05, 0) is 48.5 Å². The second kappa shape index (κ2) is 6.85. The summed E-state index contributed by atoms with van der Waals surface area (Å²) in [5.41, 5.74) is 1.08. The monoisotopic (exact) mass is 419 g/mol. The lowest BCUT2D eigenvalue weighted by atomic mass is 10.1. The lowest BCUT2D eigenvalue weighted by Gasteiger charge is -2.11. The van der Waals surface area contributed by atoms with E-state index >= 15 is 0 Å². The zero-order valence-electron chi connectivity index (χ0n) is 14.5. The fraction of sp³-hybridized carbons (Fsp3) is 0.0556. The molecule has 2 heterocycles. The van der Waals surface area contributed by atoms with Crippen molar-refractivity contribution < 1.29 is 21.6 Å². The fourth-order valence-electron chi connectivity index (χ4n) is 2.66. The number of hydrogen-bond donors (Lipinski definition) is 1. The summed E-state index contributed by atoms with van der Waals surface area (Å²) >= 11 is 0. The number of hydrogen-bond acceptors (Lipinski definition) is 5. The van der Waals surface area contributed by atoms with Crippen molar-refractivity contribution >= 4 is 21.4 Å². The van der Waals surface area contributed by atoms with E-state index in [0.717, 1.165) is 24.3 Å². The Morgan fingerprint density at radius 2 is 1.72 bits per heavy atom. The number of aromatic nitrogens is 4. The van der Waals surface area contributed by atoms with Crippen molar-refractivity contribution in [1.29, 1.82) is 0 Å². The van der Waals surface area contributed by atoms with Crippen molar-refractivity contribution in [3.05, 3.63) is 72.6 Å². The van der Waals surface area contributed by atoms with Crippen LogP contribution in [0.1, 0.15) is 5.56 Å². The SMILES string of the molecule is O=S(=O)(Nc1cccc(-c2ccc3nncn3n2)c1)c1ccc(C(F)(F)F)cc1. The summed E-state index contributed by atoms with van der Waals surface area (Å²) in [6.45, 7) is 0. The normalized spacial score (nSPS) is 12.2. The molecular weight excluding hydrogens is 407 g/mol. The van der Waals surface area contributed by atoms with Crippen molar-refractivity contribution in [3.8, 4) is 11.3 Å². The molecule has 29 heavy (non-hydrogen) atoms. The molecule has 1 N–H and O–H groups in total. The van der Waals surface area contributed by atoms with Crippen LogP contribution < -0.4 is 4.72 Å². The number of nitrogens with zero attached hydrogens (tertiary/aromatic N) is 4. The zero-order chi connectivity index (χ0) is 20.6. The fourth-order valence-corrected chi connectivity index (χ4v) is 3.71. The van der Waals surface area contributed by atoms with E-state index in [-0.39, 0.29) is 10.6 Å². The van der Waals surface area contributed by atoms with Crippen LogP contribution in [0.2, 0.25) is 0 Å². The van der Waals surface area contributed by atoms with E-state index in [1.165, 1.54) is 16.9 Å². The Morgan fingerprint density at radius 3 is 2.45 bits per heavy atom. The molecule has 0 saturated carbocycles. The zero-order valence-corrected chi connectivity index (χ0v) is 15.3. The summed E-state index contributed by atoms with van der Waals surface area (Å²) < 4.78 is 66.9. The molecule has 0 amide bonds. The largest absolute Gasteiger partial charge is 0.416 e. The summed E-state index contributed by atoms with van der Waals surface area (Å²) in [6.07, 6.45) is -3.10. The average molecular weight is 419 g/mol. The third-order valence-corrected chi connectivity index (χ3v) is 5.46. The van der Waals surface area contributed by atoms with E-state index in [9.17, 15) is 21.6 Å². The van der Waals surface area contributed by atoms with Gasteiger partial charge in [-0.2, -0.15) is 22.8 Å². The van der Waals surface area contributed by atoms with Gasteiger partial charge in [-0.1, -0.05) is 12.1 Å². The Kier molecular flexibility index (Phi) is 4.46.